The maximum Gasteiger partial charge on any atom is 0.227 e. The lowest BCUT2D eigenvalue weighted by atomic mass is 10.0. The molecule has 0 spiro atoms. The molecule has 0 aliphatic carbocycles. The van der Waals surface area contributed by atoms with E-state index in [9.17, 15) is 4.79 Å². The van der Waals surface area contributed by atoms with Gasteiger partial charge >= 0.3 is 0 Å². The summed E-state index contributed by atoms with van der Waals surface area (Å²) in [6, 6.07) is 7.98. The predicted octanol–water partition coefficient (Wildman–Crippen LogP) is 2.56. The Labute approximate surface area is 103 Å². The number of nitrogens with one attached hydrogen (secondary N) is 1. The van der Waals surface area contributed by atoms with Gasteiger partial charge in [-0.3, -0.25) is 4.79 Å². The Morgan fingerprint density at radius 2 is 2.24 bits per heavy atom. The summed E-state index contributed by atoms with van der Waals surface area (Å²) >= 11 is 0. The highest BCUT2D eigenvalue weighted by molar-refractivity contribution is 5.92. The van der Waals surface area contributed by atoms with Crippen molar-refractivity contribution < 1.29 is 4.79 Å². The van der Waals surface area contributed by atoms with Crippen molar-refractivity contribution in [3.05, 3.63) is 29.8 Å². The highest BCUT2D eigenvalue weighted by Crippen LogP contribution is 2.14. The molecule has 0 aliphatic rings. The molecule has 17 heavy (non-hydrogen) atoms. The Morgan fingerprint density at radius 1 is 1.47 bits per heavy atom. The molecule has 1 aromatic carbocycles. The van der Waals surface area contributed by atoms with E-state index in [1.165, 1.54) is 5.56 Å². The fourth-order valence-corrected chi connectivity index (χ4v) is 1.69. The van der Waals surface area contributed by atoms with Crippen molar-refractivity contribution in [2.45, 2.75) is 33.1 Å². The molecule has 3 N–H and O–H groups in total. The van der Waals surface area contributed by atoms with Crippen LogP contribution in [0.15, 0.2) is 24.3 Å². The van der Waals surface area contributed by atoms with Crippen LogP contribution in [0.2, 0.25) is 0 Å². The molecule has 0 bridgehead atoms. The first-order valence-electron chi connectivity index (χ1n) is 6.27. The van der Waals surface area contributed by atoms with E-state index < -0.39 is 0 Å². The second kappa shape index (κ2) is 7.07. The number of hydrogen-bond acceptors (Lipinski definition) is 2. The maximum absolute atomic E-state index is 11.9. The molecule has 1 rings (SSSR count). The van der Waals surface area contributed by atoms with Crippen molar-refractivity contribution in [1.29, 1.82) is 0 Å². The molecule has 0 aromatic heterocycles. The lowest BCUT2D eigenvalue weighted by Crippen LogP contribution is -2.21. The molecule has 3 heteroatoms. The van der Waals surface area contributed by atoms with E-state index in [1.807, 2.05) is 25.1 Å². The summed E-state index contributed by atoms with van der Waals surface area (Å²) in [5.41, 5.74) is 7.55. The number of anilines is 1. The molecule has 1 unspecified atom stereocenters. The Balaban J connectivity index is 2.54. The average molecular weight is 234 g/mol. The largest absolute Gasteiger partial charge is 0.330 e. The van der Waals surface area contributed by atoms with Crippen LogP contribution in [0.25, 0.3) is 0 Å². The number of carbonyl (C=O) groups is 1. The van der Waals surface area contributed by atoms with Crippen molar-refractivity contribution in [2.75, 3.05) is 11.9 Å². The average Bonchev–Trinajstić information content (AvgIpc) is 2.36. The van der Waals surface area contributed by atoms with Gasteiger partial charge in [-0.1, -0.05) is 26.0 Å². The molecule has 1 aromatic rings. The standard InChI is InChI=1S/C14H22N2O/c1-3-12-7-4-8-13(10-12)16-14(17)11(2)6-5-9-15/h4,7-8,10-11H,3,5-6,9,15H2,1-2H3,(H,16,17). The fraction of sp³-hybridized carbons (Fsp3) is 0.500. The van der Waals surface area contributed by atoms with Gasteiger partial charge in [-0.2, -0.15) is 0 Å². The van der Waals surface area contributed by atoms with Crippen LogP contribution < -0.4 is 11.1 Å². The smallest absolute Gasteiger partial charge is 0.227 e. The number of hydrogen-bond donors (Lipinski definition) is 2. The van der Waals surface area contributed by atoms with Gasteiger partial charge in [0.2, 0.25) is 5.91 Å². The second-order valence-electron chi connectivity index (χ2n) is 4.38. The molecule has 0 aliphatic heterocycles. The lowest BCUT2D eigenvalue weighted by molar-refractivity contribution is -0.119. The first-order chi connectivity index (χ1) is 8.17. The normalized spacial score (nSPS) is 12.2. The van der Waals surface area contributed by atoms with Gasteiger partial charge in [0.1, 0.15) is 0 Å². The van der Waals surface area contributed by atoms with E-state index in [0.29, 0.717) is 6.54 Å². The minimum absolute atomic E-state index is 0.0174. The van der Waals surface area contributed by atoms with Gasteiger partial charge in [-0.25, -0.2) is 0 Å². The first-order valence-corrected chi connectivity index (χ1v) is 6.27. The fourth-order valence-electron chi connectivity index (χ4n) is 1.69. The summed E-state index contributed by atoms with van der Waals surface area (Å²) < 4.78 is 0. The van der Waals surface area contributed by atoms with Crippen molar-refractivity contribution in [3.63, 3.8) is 0 Å². The summed E-state index contributed by atoms with van der Waals surface area (Å²) in [6.07, 6.45) is 2.71. The number of carbonyl (C=O) groups excluding carboxylic acids is 1. The van der Waals surface area contributed by atoms with Crippen LogP contribution in [0, 0.1) is 5.92 Å². The minimum Gasteiger partial charge on any atom is -0.330 e. The topological polar surface area (TPSA) is 55.1 Å². The van der Waals surface area contributed by atoms with E-state index >= 15 is 0 Å². The molecule has 1 atom stereocenters. The third kappa shape index (κ3) is 4.57. The summed E-state index contributed by atoms with van der Waals surface area (Å²) in [5, 5.41) is 2.95. The van der Waals surface area contributed by atoms with E-state index in [4.69, 9.17) is 5.73 Å². The van der Waals surface area contributed by atoms with Crippen LogP contribution in [-0.2, 0) is 11.2 Å². The third-order valence-electron chi connectivity index (χ3n) is 2.89. The highest BCUT2D eigenvalue weighted by atomic mass is 16.1. The van der Waals surface area contributed by atoms with E-state index in [1.54, 1.807) is 0 Å². The molecule has 3 nitrogen and oxygen atoms in total. The zero-order valence-corrected chi connectivity index (χ0v) is 10.7. The van der Waals surface area contributed by atoms with Crippen molar-refractivity contribution in [1.82, 2.24) is 0 Å². The van der Waals surface area contributed by atoms with Crippen LogP contribution in [0.4, 0.5) is 5.69 Å². The summed E-state index contributed by atoms with van der Waals surface area (Å²) in [4.78, 5) is 11.9. The summed E-state index contributed by atoms with van der Waals surface area (Å²) in [5.74, 6) is 0.0931. The van der Waals surface area contributed by atoms with Crippen LogP contribution in [0.5, 0.6) is 0 Å². The van der Waals surface area contributed by atoms with Gasteiger partial charge in [-0.15, -0.1) is 0 Å². The van der Waals surface area contributed by atoms with Crippen molar-refractivity contribution >= 4 is 11.6 Å². The number of aryl methyl sites for hydroxylation is 1. The molecule has 1 amide bonds. The highest BCUT2D eigenvalue weighted by Gasteiger charge is 2.12. The quantitative estimate of drug-likeness (QED) is 0.794. The second-order valence-corrected chi connectivity index (χ2v) is 4.38. The third-order valence-corrected chi connectivity index (χ3v) is 2.89. The molecule has 0 saturated carbocycles. The zero-order valence-electron chi connectivity index (χ0n) is 10.7. The zero-order chi connectivity index (χ0) is 12.7. The van der Waals surface area contributed by atoms with Gasteiger partial charge in [0.05, 0.1) is 0 Å². The van der Waals surface area contributed by atoms with Crippen molar-refractivity contribution in [2.24, 2.45) is 11.7 Å². The van der Waals surface area contributed by atoms with Gasteiger partial charge in [0.25, 0.3) is 0 Å². The molecule has 0 heterocycles. The van der Waals surface area contributed by atoms with Gasteiger partial charge in [-0.05, 0) is 43.5 Å². The summed E-state index contributed by atoms with van der Waals surface area (Å²) in [6.45, 7) is 4.68. The molecule has 0 radical (unpaired) electrons. The number of amides is 1. The van der Waals surface area contributed by atoms with Gasteiger partial charge in [0, 0.05) is 11.6 Å². The number of nitrogens with two attached hydrogens (primary N) is 1. The Hall–Kier alpha value is -1.35. The number of rotatable bonds is 6. The maximum atomic E-state index is 11.9. The van der Waals surface area contributed by atoms with Gasteiger partial charge < -0.3 is 11.1 Å². The molecule has 94 valence electrons. The van der Waals surface area contributed by atoms with Crippen LogP contribution in [0.3, 0.4) is 0 Å². The SMILES string of the molecule is CCc1cccc(NC(=O)C(C)CCCN)c1. The monoisotopic (exact) mass is 234 g/mol. The minimum atomic E-state index is 0.0174. The molecular weight excluding hydrogens is 212 g/mol. The Morgan fingerprint density at radius 3 is 2.88 bits per heavy atom. The van der Waals surface area contributed by atoms with Crippen LogP contribution >= 0.6 is 0 Å². The number of benzene rings is 1. The van der Waals surface area contributed by atoms with Gasteiger partial charge in [0.15, 0.2) is 0 Å². The predicted molar refractivity (Wildman–Crippen MR) is 71.9 cm³/mol. The van der Waals surface area contributed by atoms with Crippen LogP contribution in [0.1, 0.15) is 32.3 Å². The van der Waals surface area contributed by atoms with E-state index in [2.05, 4.69) is 18.3 Å². The Kier molecular flexibility index (Phi) is 5.70. The molecule has 0 fully saturated rings. The molecule has 0 saturated heterocycles. The first kappa shape index (κ1) is 13.7. The Bertz CT molecular complexity index is 363. The molecular formula is C14H22N2O. The van der Waals surface area contributed by atoms with E-state index in [0.717, 1.165) is 24.9 Å². The van der Waals surface area contributed by atoms with Crippen LogP contribution in [-0.4, -0.2) is 12.5 Å². The lowest BCUT2D eigenvalue weighted by Gasteiger charge is -2.12. The van der Waals surface area contributed by atoms with Crippen molar-refractivity contribution in [3.8, 4) is 0 Å². The van der Waals surface area contributed by atoms with E-state index in [-0.39, 0.29) is 11.8 Å². The summed E-state index contributed by atoms with van der Waals surface area (Å²) in [7, 11) is 0.